The van der Waals surface area contributed by atoms with Gasteiger partial charge in [0.2, 0.25) is 0 Å². The van der Waals surface area contributed by atoms with Gasteiger partial charge in [0.15, 0.2) is 0 Å². The number of hydrogen-bond acceptors (Lipinski definition) is 1. The Morgan fingerprint density at radius 1 is 0.200 bits per heavy atom. The van der Waals surface area contributed by atoms with Crippen LogP contribution in [-0.2, 0) is 61.8 Å². The molecule has 110 heavy (non-hydrogen) atoms. The molecule has 0 atom stereocenters. The third kappa shape index (κ3) is 14.6. The molecule has 3 nitrogen and oxygen atoms in total. The number of fused-ring (bicyclic) bond motifs is 6. The summed E-state index contributed by atoms with van der Waals surface area (Å²) in [6, 6.07) is 21.4. The summed E-state index contributed by atoms with van der Waals surface area (Å²) in [5, 5.41) is 9.34. The first-order valence-electron chi connectivity index (χ1n) is 31.1. The number of rotatable bonds is 8. The topological polar surface area (TPSA) is 33.6 Å². The van der Waals surface area contributed by atoms with Crippen molar-refractivity contribution in [3.05, 3.63) is 261 Å². The second kappa shape index (κ2) is 25.8. The Kier molecular flexibility index (Phi) is 18.0. The highest BCUT2D eigenvalue weighted by atomic mass is 19.4. The molecule has 13 rings (SSSR count). The standard InChI is InChI=1S/C77H33F30N3/c78-68(79,80)45-7-9-54(61(33-45)77(105,106)107)40-6-14-62(109-63-10-2-36(41-16-46(69(81,82)83)29-47(17-41)70(84,85)86)24-57(63)58-25-37(3-11-64(58)109)42-18-48(71(87,88)89)30-49(19-42)72(90,91)92)56(28-40)55-8-1-35(34-108)15-67(55)110-65-12-4-38(43-20-50(73(93,94)95)31-51(21-43)74(96,97)98)26-59(65)60-27-39(5-13-66(60)110)44-22-52(75(99,100)101)32-53(23-44)76(102,103)104/h1-33H. The van der Waals surface area contributed by atoms with Crippen LogP contribution in [0, 0.1) is 11.3 Å². The maximum absolute atomic E-state index is 15.4. The van der Waals surface area contributed by atoms with Crippen LogP contribution in [0.2, 0.25) is 0 Å². The lowest BCUT2D eigenvalue weighted by atomic mass is 9.92. The van der Waals surface area contributed by atoms with E-state index in [1.807, 2.05) is 6.07 Å². The summed E-state index contributed by atoms with van der Waals surface area (Å²) in [6.07, 6.45) is -54.9. The molecule has 13 aromatic rings. The largest absolute Gasteiger partial charge is 0.417 e. The molecule has 0 aliphatic rings. The number of benzene rings is 11. The van der Waals surface area contributed by atoms with Crippen molar-refractivity contribution in [1.29, 1.82) is 5.26 Å². The Morgan fingerprint density at radius 3 is 0.745 bits per heavy atom. The second-order valence-electron chi connectivity index (χ2n) is 25.1. The van der Waals surface area contributed by atoms with Crippen molar-refractivity contribution in [3.63, 3.8) is 0 Å². The summed E-state index contributed by atoms with van der Waals surface area (Å²) in [4.78, 5) is 0. The summed E-state index contributed by atoms with van der Waals surface area (Å²) in [6.45, 7) is 0. The van der Waals surface area contributed by atoms with Crippen LogP contribution in [-0.4, -0.2) is 9.13 Å². The highest BCUT2D eigenvalue weighted by molar-refractivity contribution is 6.14. The summed E-state index contributed by atoms with van der Waals surface area (Å²) in [5.41, 5.74) is -28.5. The first kappa shape index (κ1) is 76.6. The third-order valence-electron chi connectivity index (χ3n) is 18.1. The monoisotopic (exact) mass is 1570 g/mol. The van der Waals surface area contributed by atoms with Crippen molar-refractivity contribution in [3.8, 4) is 84.2 Å². The predicted octanol–water partition coefficient (Wildman–Crippen LogP) is 27.9. The number of hydrogen-bond donors (Lipinski definition) is 0. The fraction of sp³-hybridized carbons (Fsp3) is 0.130. The van der Waals surface area contributed by atoms with Crippen LogP contribution in [0.1, 0.15) is 61.2 Å². The Bertz CT molecular complexity index is 5560. The van der Waals surface area contributed by atoms with Crippen LogP contribution in [0.3, 0.4) is 0 Å². The normalized spacial score (nSPS) is 13.4. The molecule has 0 aliphatic carbocycles. The zero-order valence-corrected chi connectivity index (χ0v) is 53.7. The van der Waals surface area contributed by atoms with Crippen LogP contribution in [0.4, 0.5) is 132 Å². The van der Waals surface area contributed by atoms with Crippen molar-refractivity contribution < 1.29 is 132 Å². The fourth-order valence-electron chi connectivity index (χ4n) is 13.1. The Balaban J connectivity index is 1.17. The highest BCUT2D eigenvalue weighted by Gasteiger charge is 2.44. The molecule has 0 N–H and O–H groups in total. The molecule has 0 aliphatic heterocycles. The fourth-order valence-corrected chi connectivity index (χ4v) is 13.1. The molecule has 2 heterocycles. The molecule has 2 aromatic heterocycles. The van der Waals surface area contributed by atoms with Gasteiger partial charge in [-0.25, -0.2) is 0 Å². The van der Waals surface area contributed by atoms with E-state index < -0.39 is 184 Å². The van der Waals surface area contributed by atoms with Crippen molar-refractivity contribution in [1.82, 2.24) is 9.13 Å². The smallest absolute Gasteiger partial charge is 0.309 e. The van der Waals surface area contributed by atoms with Crippen LogP contribution in [0.15, 0.2) is 200 Å². The van der Waals surface area contributed by atoms with Gasteiger partial charge in [-0.2, -0.15) is 137 Å². The molecule has 566 valence electrons. The highest BCUT2D eigenvalue weighted by Crippen LogP contribution is 2.51. The number of nitriles is 1. The van der Waals surface area contributed by atoms with Crippen molar-refractivity contribution in [2.75, 3.05) is 0 Å². The molecule has 0 radical (unpaired) electrons. The average Bonchev–Trinajstić information content (AvgIpc) is 1.56. The molecule has 33 heteroatoms. The van der Waals surface area contributed by atoms with Gasteiger partial charge in [-0.3, -0.25) is 0 Å². The van der Waals surface area contributed by atoms with Crippen molar-refractivity contribution in [2.45, 2.75) is 61.8 Å². The third-order valence-corrected chi connectivity index (χ3v) is 18.1. The van der Waals surface area contributed by atoms with Crippen LogP contribution < -0.4 is 0 Å². The first-order chi connectivity index (χ1) is 50.7. The van der Waals surface area contributed by atoms with Gasteiger partial charge in [-0.15, -0.1) is 0 Å². The molecule has 0 saturated heterocycles. The minimum absolute atomic E-state index is 0.222. The Labute approximate surface area is 595 Å². The van der Waals surface area contributed by atoms with E-state index in [-0.39, 0.29) is 96.8 Å². The summed E-state index contributed by atoms with van der Waals surface area (Å²) >= 11 is 0. The minimum atomic E-state index is -5.66. The van der Waals surface area contributed by atoms with E-state index in [4.69, 9.17) is 0 Å². The summed E-state index contributed by atoms with van der Waals surface area (Å²) in [7, 11) is 0. The number of halogens is 30. The molecular weight excluding hydrogens is 1540 g/mol. The van der Waals surface area contributed by atoms with Crippen molar-refractivity contribution in [2.24, 2.45) is 0 Å². The van der Waals surface area contributed by atoms with Crippen molar-refractivity contribution >= 4 is 43.6 Å². The zero-order valence-electron chi connectivity index (χ0n) is 53.7. The molecule has 0 unspecified atom stereocenters. The Hall–Kier alpha value is -11.6. The van der Waals surface area contributed by atoms with E-state index in [0.29, 0.717) is 54.6 Å². The van der Waals surface area contributed by atoms with E-state index in [2.05, 4.69) is 0 Å². The van der Waals surface area contributed by atoms with Crippen LogP contribution in [0.5, 0.6) is 0 Å². The maximum atomic E-state index is 15.4. The summed E-state index contributed by atoms with van der Waals surface area (Å²) in [5.74, 6) is 0. The lowest BCUT2D eigenvalue weighted by Crippen LogP contribution is -2.12. The average molecular weight is 1570 g/mol. The maximum Gasteiger partial charge on any atom is 0.417 e. The molecule has 0 saturated carbocycles. The summed E-state index contributed by atoms with van der Waals surface area (Å²) < 4.78 is 439. The van der Waals surface area contributed by atoms with E-state index >= 15 is 13.2 Å². The molecular formula is C77H33F30N3. The van der Waals surface area contributed by atoms with E-state index in [1.54, 1.807) is 0 Å². The SMILES string of the molecule is N#Cc1ccc(-c2cc(-c3ccc(C(F)(F)F)cc3C(F)(F)F)ccc2-n2c3ccc(-c4cc(C(F)(F)F)cc(C(F)(F)F)c4)cc3c3cc(-c4cc(C(F)(F)F)cc(C(F)(F)F)c4)ccc32)c(-n2c3ccc(-c4cc(C(F)(F)F)cc(C(F)(F)F)c4)cc3c3cc(-c4cc(C(F)(F)F)cc(C(F)(F)F)c4)ccc32)c1. The lowest BCUT2D eigenvalue weighted by molar-refractivity contribution is -0.144. The Morgan fingerprint density at radius 2 is 0.473 bits per heavy atom. The van der Waals surface area contributed by atoms with Gasteiger partial charge in [0.05, 0.1) is 101 Å². The van der Waals surface area contributed by atoms with Gasteiger partial charge in [-0.1, -0.05) is 42.5 Å². The number of aromatic nitrogens is 2. The van der Waals surface area contributed by atoms with Gasteiger partial charge < -0.3 is 9.13 Å². The molecule has 0 fully saturated rings. The molecule has 0 bridgehead atoms. The number of alkyl halides is 30. The van der Waals surface area contributed by atoms with Crippen LogP contribution >= 0.6 is 0 Å². The number of nitrogens with zero attached hydrogens (tertiary/aromatic N) is 3. The zero-order chi connectivity index (χ0) is 80.2. The van der Waals surface area contributed by atoms with Gasteiger partial charge >= 0.3 is 61.8 Å². The van der Waals surface area contributed by atoms with E-state index in [1.165, 1.54) is 0 Å². The van der Waals surface area contributed by atoms with Crippen LogP contribution in [0.25, 0.3) is 122 Å². The van der Waals surface area contributed by atoms with E-state index in [0.717, 1.165) is 118 Å². The van der Waals surface area contributed by atoms with Gasteiger partial charge in [0.1, 0.15) is 0 Å². The molecule has 11 aromatic carbocycles. The minimum Gasteiger partial charge on any atom is -0.309 e. The second-order valence-corrected chi connectivity index (χ2v) is 25.1. The van der Waals surface area contributed by atoms with E-state index in [9.17, 15) is 124 Å². The quantitative estimate of drug-likeness (QED) is 0.140. The lowest BCUT2D eigenvalue weighted by Gasteiger charge is -2.21. The first-order valence-corrected chi connectivity index (χ1v) is 31.1. The molecule has 0 amide bonds. The van der Waals surface area contributed by atoms with Gasteiger partial charge in [0.25, 0.3) is 0 Å². The molecule has 0 spiro atoms. The van der Waals surface area contributed by atoms with Gasteiger partial charge in [0, 0.05) is 32.7 Å². The van der Waals surface area contributed by atoms with Gasteiger partial charge in [-0.05, 0) is 213 Å². The predicted molar refractivity (Wildman–Crippen MR) is 342 cm³/mol.